The summed E-state index contributed by atoms with van der Waals surface area (Å²) < 4.78 is 0. The van der Waals surface area contributed by atoms with Crippen LogP contribution in [-0.2, 0) is 0 Å². The van der Waals surface area contributed by atoms with E-state index in [0.717, 1.165) is 11.3 Å². The van der Waals surface area contributed by atoms with E-state index in [0.29, 0.717) is 5.69 Å². The molecule has 1 aromatic carbocycles. The Kier molecular flexibility index (Phi) is 3.66. The molecule has 0 atom stereocenters. The van der Waals surface area contributed by atoms with Crippen molar-refractivity contribution in [3.8, 4) is 0 Å². The Morgan fingerprint density at radius 2 is 1.68 bits per heavy atom. The van der Waals surface area contributed by atoms with Crippen molar-refractivity contribution in [2.45, 2.75) is 0 Å². The minimum Gasteiger partial charge on any atom is -0.378 e. The van der Waals surface area contributed by atoms with Gasteiger partial charge in [0.15, 0.2) is 0 Å². The second-order valence-corrected chi connectivity index (χ2v) is 4.36. The molecule has 0 radical (unpaired) electrons. The van der Waals surface area contributed by atoms with Crippen molar-refractivity contribution in [1.82, 2.24) is 9.97 Å². The molecule has 98 valence electrons. The molecule has 0 aliphatic carbocycles. The highest BCUT2D eigenvalue weighted by Gasteiger charge is 1.95. The molecule has 0 bridgehead atoms. The number of H-pyrrole nitrogens is 2. The lowest BCUT2D eigenvalue weighted by atomic mass is 10.2. The molecule has 2 aromatic rings. The summed E-state index contributed by atoms with van der Waals surface area (Å²) in [6.45, 7) is 0. The molecule has 0 aliphatic rings. The minimum atomic E-state index is -0.505. The predicted octanol–water partition coefficient (Wildman–Crippen LogP) is 1.30. The highest BCUT2D eigenvalue weighted by molar-refractivity contribution is 5.68. The Hall–Kier alpha value is -2.56. The third-order valence-corrected chi connectivity index (χ3v) is 2.65. The van der Waals surface area contributed by atoms with Gasteiger partial charge in [-0.15, -0.1) is 0 Å². The molecular weight excluding hydrogens is 242 g/mol. The average molecular weight is 257 g/mol. The van der Waals surface area contributed by atoms with E-state index in [4.69, 9.17) is 0 Å². The Labute approximate surface area is 110 Å². The van der Waals surface area contributed by atoms with E-state index in [9.17, 15) is 9.59 Å². The second-order valence-electron chi connectivity index (χ2n) is 4.36. The Morgan fingerprint density at radius 1 is 1.00 bits per heavy atom. The lowest BCUT2D eigenvalue weighted by Crippen LogP contribution is -2.21. The van der Waals surface area contributed by atoms with Crippen LogP contribution >= 0.6 is 0 Å². The van der Waals surface area contributed by atoms with Gasteiger partial charge in [0.25, 0.3) is 5.56 Å². The minimum absolute atomic E-state index is 0.411. The summed E-state index contributed by atoms with van der Waals surface area (Å²) in [5.41, 5.74) is 1.67. The molecule has 5 heteroatoms. The van der Waals surface area contributed by atoms with Crippen LogP contribution in [0, 0.1) is 0 Å². The van der Waals surface area contributed by atoms with E-state index in [-0.39, 0.29) is 0 Å². The third kappa shape index (κ3) is 3.45. The summed E-state index contributed by atoms with van der Waals surface area (Å²) in [6.07, 6.45) is 3.53. The van der Waals surface area contributed by atoms with Crippen LogP contribution in [0.2, 0.25) is 0 Å². The molecule has 0 aliphatic heterocycles. The standard InChI is InChI=1S/C14H15N3O2/c1-17(2)12-7-4-10(5-8-12)3-6-11-9-13(18)16-14(19)15-11/h3-9H,1-2H3,(H2,15,16,18,19)/b6-3+. The van der Waals surface area contributed by atoms with Crippen LogP contribution in [0.1, 0.15) is 11.3 Å². The zero-order chi connectivity index (χ0) is 13.8. The molecular formula is C14H15N3O2. The number of benzene rings is 1. The van der Waals surface area contributed by atoms with Crippen LogP contribution in [0.4, 0.5) is 5.69 Å². The number of nitrogens with zero attached hydrogens (tertiary/aromatic N) is 1. The SMILES string of the molecule is CN(C)c1ccc(/C=C/c2cc(=O)[nH]c(=O)[nH]2)cc1. The maximum atomic E-state index is 11.1. The fourth-order valence-corrected chi connectivity index (χ4v) is 1.65. The van der Waals surface area contributed by atoms with Crippen molar-refractivity contribution in [3.05, 3.63) is 62.4 Å². The fourth-order valence-electron chi connectivity index (χ4n) is 1.65. The van der Waals surface area contributed by atoms with E-state index in [2.05, 4.69) is 9.97 Å². The van der Waals surface area contributed by atoms with Crippen molar-refractivity contribution < 1.29 is 0 Å². The molecule has 0 amide bonds. The van der Waals surface area contributed by atoms with E-state index in [1.54, 1.807) is 6.08 Å². The van der Waals surface area contributed by atoms with Gasteiger partial charge in [0, 0.05) is 31.5 Å². The molecule has 0 saturated heterocycles. The van der Waals surface area contributed by atoms with Gasteiger partial charge in [-0.25, -0.2) is 4.79 Å². The van der Waals surface area contributed by atoms with E-state index in [1.165, 1.54) is 6.07 Å². The Balaban J connectivity index is 2.22. The summed E-state index contributed by atoms with van der Waals surface area (Å²) in [6, 6.07) is 9.28. The van der Waals surface area contributed by atoms with Gasteiger partial charge in [-0.1, -0.05) is 18.2 Å². The number of rotatable bonds is 3. The zero-order valence-corrected chi connectivity index (χ0v) is 10.8. The number of anilines is 1. The summed E-state index contributed by atoms with van der Waals surface area (Å²) in [4.78, 5) is 28.9. The van der Waals surface area contributed by atoms with E-state index >= 15 is 0 Å². The van der Waals surface area contributed by atoms with Crippen LogP contribution in [0.25, 0.3) is 12.2 Å². The van der Waals surface area contributed by atoms with Gasteiger partial charge < -0.3 is 9.88 Å². The lowest BCUT2D eigenvalue weighted by molar-refractivity contribution is 1.03. The third-order valence-electron chi connectivity index (χ3n) is 2.65. The summed E-state index contributed by atoms with van der Waals surface area (Å²) >= 11 is 0. The van der Waals surface area contributed by atoms with Crippen molar-refractivity contribution in [2.75, 3.05) is 19.0 Å². The van der Waals surface area contributed by atoms with Crippen molar-refractivity contribution >= 4 is 17.8 Å². The Morgan fingerprint density at radius 3 is 2.26 bits per heavy atom. The molecule has 1 heterocycles. The smallest absolute Gasteiger partial charge is 0.326 e. The summed E-state index contributed by atoms with van der Waals surface area (Å²) in [5, 5.41) is 0. The molecule has 2 rings (SSSR count). The molecule has 0 saturated carbocycles. The van der Waals surface area contributed by atoms with Gasteiger partial charge in [0.05, 0.1) is 0 Å². The maximum Gasteiger partial charge on any atom is 0.326 e. The quantitative estimate of drug-likeness (QED) is 0.870. The highest BCUT2D eigenvalue weighted by atomic mass is 16.2. The number of aromatic nitrogens is 2. The first kappa shape index (κ1) is 12.9. The van der Waals surface area contributed by atoms with Gasteiger partial charge >= 0.3 is 5.69 Å². The normalized spacial score (nSPS) is 10.8. The van der Waals surface area contributed by atoms with Crippen molar-refractivity contribution in [2.24, 2.45) is 0 Å². The number of hydrogen-bond acceptors (Lipinski definition) is 3. The molecule has 0 spiro atoms. The van der Waals surface area contributed by atoms with Gasteiger partial charge in [0.1, 0.15) is 0 Å². The van der Waals surface area contributed by atoms with Gasteiger partial charge in [0.2, 0.25) is 0 Å². The second kappa shape index (κ2) is 5.39. The van der Waals surface area contributed by atoms with Crippen LogP contribution < -0.4 is 16.1 Å². The molecule has 1 aromatic heterocycles. The largest absolute Gasteiger partial charge is 0.378 e. The first-order valence-corrected chi connectivity index (χ1v) is 5.84. The molecule has 0 fully saturated rings. The number of hydrogen-bond donors (Lipinski definition) is 2. The van der Waals surface area contributed by atoms with Crippen molar-refractivity contribution in [1.29, 1.82) is 0 Å². The van der Waals surface area contributed by atoms with E-state index in [1.807, 2.05) is 49.3 Å². The molecule has 5 nitrogen and oxygen atoms in total. The molecule has 19 heavy (non-hydrogen) atoms. The summed E-state index contributed by atoms with van der Waals surface area (Å²) in [7, 11) is 3.96. The molecule has 2 N–H and O–H groups in total. The molecule has 0 unspecified atom stereocenters. The maximum absolute atomic E-state index is 11.1. The van der Waals surface area contributed by atoms with Gasteiger partial charge in [-0.05, 0) is 23.8 Å². The van der Waals surface area contributed by atoms with Crippen LogP contribution in [0.3, 0.4) is 0 Å². The first-order valence-electron chi connectivity index (χ1n) is 5.84. The highest BCUT2D eigenvalue weighted by Crippen LogP contribution is 2.13. The van der Waals surface area contributed by atoms with Crippen molar-refractivity contribution in [3.63, 3.8) is 0 Å². The number of nitrogens with one attached hydrogen (secondary N) is 2. The zero-order valence-electron chi connectivity index (χ0n) is 10.8. The van der Waals surface area contributed by atoms with Crippen LogP contribution in [0.15, 0.2) is 39.9 Å². The van der Waals surface area contributed by atoms with Gasteiger partial charge in [-0.2, -0.15) is 0 Å². The van der Waals surface area contributed by atoms with Crippen LogP contribution in [-0.4, -0.2) is 24.1 Å². The average Bonchev–Trinajstić information content (AvgIpc) is 2.36. The number of aromatic amines is 2. The monoisotopic (exact) mass is 257 g/mol. The Bertz CT molecular complexity index is 665. The van der Waals surface area contributed by atoms with Gasteiger partial charge in [-0.3, -0.25) is 9.78 Å². The summed E-state index contributed by atoms with van der Waals surface area (Å²) in [5.74, 6) is 0. The first-order chi connectivity index (χ1) is 9.04. The fraction of sp³-hybridized carbons (Fsp3) is 0.143. The lowest BCUT2D eigenvalue weighted by Gasteiger charge is -2.11. The van der Waals surface area contributed by atoms with Crippen LogP contribution in [0.5, 0.6) is 0 Å². The predicted molar refractivity (Wildman–Crippen MR) is 77.4 cm³/mol. The topological polar surface area (TPSA) is 69.0 Å². The van der Waals surface area contributed by atoms with E-state index < -0.39 is 11.2 Å².